The van der Waals surface area contributed by atoms with Gasteiger partial charge in [0.05, 0.1) is 8.66 Å². The van der Waals surface area contributed by atoms with Crippen LogP contribution in [0.3, 0.4) is 0 Å². The zero-order valence-corrected chi connectivity index (χ0v) is 15.0. The molecule has 1 saturated heterocycles. The van der Waals surface area contributed by atoms with Gasteiger partial charge in [0, 0.05) is 24.3 Å². The molecule has 2 aromatic rings. The lowest BCUT2D eigenvalue weighted by molar-refractivity contribution is 0.0724. The quantitative estimate of drug-likeness (QED) is 0.841. The van der Waals surface area contributed by atoms with Crippen LogP contribution in [0.4, 0.5) is 5.69 Å². The first-order chi connectivity index (χ1) is 11.1. The third kappa shape index (κ3) is 4.00. The summed E-state index contributed by atoms with van der Waals surface area (Å²) in [5.41, 5.74) is 1.36. The lowest BCUT2D eigenvalue weighted by Gasteiger charge is -2.26. The monoisotopic (exact) mass is 392 g/mol. The Balaban J connectivity index is 1.64. The predicted octanol–water partition coefficient (Wildman–Crippen LogP) is 4.39. The number of carbonyl (C=O) groups excluding carboxylic acids is 2. The van der Waals surface area contributed by atoms with Crippen molar-refractivity contribution < 1.29 is 9.59 Å². The van der Waals surface area contributed by atoms with Crippen LogP contribution in [0.5, 0.6) is 0 Å². The number of benzene rings is 1. The van der Waals surface area contributed by atoms with E-state index in [1.807, 2.05) is 11.0 Å². The SMILES string of the molecule is O=C(Nc1ccc(C(=O)N2CCCCC2)cc1)c1ccc(Br)s1. The molecule has 6 heteroatoms. The Hall–Kier alpha value is -1.66. The Labute approximate surface area is 147 Å². The van der Waals surface area contributed by atoms with Crippen LogP contribution in [-0.4, -0.2) is 29.8 Å². The Kier molecular flexibility index (Phi) is 5.13. The molecule has 4 nitrogen and oxygen atoms in total. The van der Waals surface area contributed by atoms with E-state index < -0.39 is 0 Å². The van der Waals surface area contributed by atoms with Gasteiger partial charge in [-0.2, -0.15) is 0 Å². The van der Waals surface area contributed by atoms with E-state index in [-0.39, 0.29) is 11.8 Å². The number of rotatable bonds is 3. The third-order valence-electron chi connectivity index (χ3n) is 3.83. The fourth-order valence-corrected chi connectivity index (χ4v) is 3.89. The molecule has 1 aromatic carbocycles. The number of likely N-dealkylation sites (tertiary alicyclic amines) is 1. The molecule has 1 N–H and O–H groups in total. The smallest absolute Gasteiger partial charge is 0.265 e. The number of halogens is 1. The van der Waals surface area contributed by atoms with E-state index in [4.69, 9.17) is 0 Å². The molecule has 3 rings (SSSR count). The van der Waals surface area contributed by atoms with Crippen molar-refractivity contribution >= 4 is 44.8 Å². The lowest BCUT2D eigenvalue weighted by atomic mass is 10.1. The number of hydrogen-bond acceptors (Lipinski definition) is 3. The summed E-state index contributed by atoms with van der Waals surface area (Å²) in [7, 11) is 0. The van der Waals surface area contributed by atoms with Gasteiger partial charge in [0.1, 0.15) is 0 Å². The molecule has 2 amide bonds. The fraction of sp³-hybridized carbons (Fsp3) is 0.294. The Morgan fingerprint density at radius 2 is 1.70 bits per heavy atom. The van der Waals surface area contributed by atoms with Gasteiger partial charge >= 0.3 is 0 Å². The number of carbonyl (C=O) groups is 2. The van der Waals surface area contributed by atoms with Crippen LogP contribution < -0.4 is 5.32 Å². The molecule has 0 atom stereocenters. The van der Waals surface area contributed by atoms with E-state index in [0.717, 1.165) is 29.7 Å². The standard InChI is InChI=1S/C17H17BrN2O2S/c18-15-9-8-14(23-15)16(21)19-13-6-4-12(5-7-13)17(22)20-10-2-1-3-11-20/h4-9H,1-3,10-11H2,(H,19,21). The highest BCUT2D eigenvalue weighted by Gasteiger charge is 2.18. The van der Waals surface area contributed by atoms with Gasteiger partial charge in [0.2, 0.25) is 0 Å². The van der Waals surface area contributed by atoms with Crippen molar-refractivity contribution in [1.29, 1.82) is 0 Å². The van der Waals surface area contributed by atoms with E-state index in [0.29, 0.717) is 16.1 Å². The first-order valence-electron chi connectivity index (χ1n) is 7.59. The van der Waals surface area contributed by atoms with Crippen LogP contribution >= 0.6 is 27.3 Å². The van der Waals surface area contributed by atoms with E-state index in [1.54, 1.807) is 30.3 Å². The number of amides is 2. The largest absolute Gasteiger partial charge is 0.339 e. The fourth-order valence-electron chi connectivity index (χ4n) is 2.60. The maximum atomic E-state index is 12.4. The first-order valence-corrected chi connectivity index (χ1v) is 9.20. The Bertz CT molecular complexity index is 706. The normalized spacial score (nSPS) is 14.6. The van der Waals surface area contributed by atoms with Crippen LogP contribution in [0.1, 0.15) is 39.3 Å². The molecule has 1 aliphatic heterocycles. The molecule has 0 aliphatic carbocycles. The average molecular weight is 393 g/mol. The predicted molar refractivity (Wildman–Crippen MR) is 96.2 cm³/mol. The van der Waals surface area contributed by atoms with Gasteiger partial charge in [-0.25, -0.2) is 0 Å². The highest BCUT2D eigenvalue weighted by Crippen LogP contribution is 2.23. The molecule has 1 fully saturated rings. The second-order valence-electron chi connectivity index (χ2n) is 5.49. The van der Waals surface area contributed by atoms with Gasteiger partial charge in [-0.3, -0.25) is 9.59 Å². The van der Waals surface area contributed by atoms with Crippen molar-refractivity contribution in [2.24, 2.45) is 0 Å². The number of anilines is 1. The molecule has 2 heterocycles. The maximum absolute atomic E-state index is 12.4. The molecular formula is C17H17BrN2O2S. The van der Waals surface area contributed by atoms with Crippen molar-refractivity contribution in [1.82, 2.24) is 4.90 Å². The highest BCUT2D eigenvalue weighted by atomic mass is 79.9. The van der Waals surface area contributed by atoms with Crippen LogP contribution in [0.2, 0.25) is 0 Å². The third-order valence-corrected chi connectivity index (χ3v) is 5.45. The van der Waals surface area contributed by atoms with Crippen LogP contribution in [-0.2, 0) is 0 Å². The van der Waals surface area contributed by atoms with Crippen molar-refractivity contribution in [3.05, 3.63) is 50.6 Å². The maximum Gasteiger partial charge on any atom is 0.265 e. The van der Waals surface area contributed by atoms with Crippen LogP contribution in [0, 0.1) is 0 Å². The zero-order chi connectivity index (χ0) is 16.2. The summed E-state index contributed by atoms with van der Waals surface area (Å²) in [6.07, 6.45) is 3.36. The Morgan fingerprint density at radius 1 is 1.00 bits per heavy atom. The molecule has 0 spiro atoms. The summed E-state index contributed by atoms with van der Waals surface area (Å²) in [5.74, 6) is -0.0689. The minimum Gasteiger partial charge on any atom is -0.339 e. The number of hydrogen-bond donors (Lipinski definition) is 1. The van der Waals surface area contributed by atoms with Crippen LogP contribution in [0.25, 0.3) is 0 Å². The molecule has 0 saturated carbocycles. The molecule has 1 aromatic heterocycles. The van der Waals surface area contributed by atoms with Gasteiger partial charge in [0.15, 0.2) is 0 Å². The summed E-state index contributed by atoms with van der Waals surface area (Å²) in [6.45, 7) is 1.68. The number of nitrogens with zero attached hydrogens (tertiary/aromatic N) is 1. The van der Waals surface area contributed by atoms with Gasteiger partial charge in [-0.15, -0.1) is 11.3 Å². The zero-order valence-electron chi connectivity index (χ0n) is 12.5. The van der Waals surface area contributed by atoms with Crippen molar-refractivity contribution in [2.45, 2.75) is 19.3 Å². The number of nitrogens with one attached hydrogen (secondary N) is 1. The van der Waals surface area contributed by atoms with E-state index >= 15 is 0 Å². The minimum atomic E-state index is -0.143. The van der Waals surface area contributed by atoms with Crippen molar-refractivity contribution in [2.75, 3.05) is 18.4 Å². The van der Waals surface area contributed by atoms with Crippen LogP contribution in [0.15, 0.2) is 40.2 Å². The Morgan fingerprint density at radius 3 is 2.30 bits per heavy atom. The lowest BCUT2D eigenvalue weighted by Crippen LogP contribution is -2.35. The van der Waals surface area contributed by atoms with Crippen molar-refractivity contribution in [3.63, 3.8) is 0 Å². The first kappa shape index (κ1) is 16.2. The van der Waals surface area contributed by atoms with Gasteiger partial charge in [-0.1, -0.05) is 0 Å². The molecule has 0 bridgehead atoms. The molecule has 23 heavy (non-hydrogen) atoms. The van der Waals surface area contributed by atoms with E-state index in [2.05, 4.69) is 21.2 Å². The second kappa shape index (κ2) is 7.27. The molecule has 1 aliphatic rings. The second-order valence-corrected chi connectivity index (χ2v) is 7.95. The number of thiophene rings is 1. The van der Waals surface area contributed by atoms with Gasteiger partial charge in [-0.05, 0) is 71.6 Å². The summed E-state index contributed by atoms with van der Waals surface area (Å²) in [4.78, 5) is 27.0. The molecule has 0 radical (unpaired) electrons. The highest BCUT2D eigenvalue weighted by molar-refractivity contribution is 9.11. The topological polar surface area (TPSA) is 49.4 Å². The summed E-state index contributed by atoms with van der Waals surface area (Å²) >= 11 is 4.73. The van der Waals surface area contributed by atoms with E-state index in [9.17, 15) is 9.59 Å². The molecule has 0 unspecified atom stereocenters. The van der Waals surface area contributed by atoms with Gasteiger partial charge in [0.25, 0.3) is 11.8 Å². The average Bonchev–Trinajstić information content (AvgIpc) is 3.02. The van der Waals surface area contributed by atoms with Gasteiger partial charge < -0.3 is 10.2 Å². The number of piperidine rings is 1. The minimum absolute atomic E-state index is 0.0739. The molecule has 120 valence electrons. The summed E-state index contributed by atoms with van der Waals surface area (Å²) < 4.78 is 0.921. The summed E-state index contributed by atoms with van der Waals surface area (Å²) in [6, 6.07) is 10.7. The van der Waals surface area contributed by atoms with Crippen molar-refractivity contribution in [3.8, 4) is 0 Å². The molecular weight excluding hydrogens is 376 g/mol. The summed E-state index contributed by atoms with van der Waals surface area (Å²) in [5, 5.41) is 2.84. The van der Waals surface area contributed by atoms with E-state index in [1.165, 1.54) is 17.8 Å².